The highest BCUT2D eigenvalue weighted by molar-refractivity contribution is 4.88. The van der Waals surface area contributed by atoms with Crippen molar-refractivity contribution in [2.75, 3.05) is 14.1 Å². The van der Waals surface area contributed by atoms with E-state index in [0.717, 1.165) is 0 Å². The van der Waals surface area contributed by atoms with Crippen molar-refractivity contribution in [2.45, 2.75) is 39.0 Å². The molecule has 1 heterocycles. The summed E-state index contributed by atoms with van der Waals surface area (Å²) in [6, 6.07) is 1.39. The lowest BCUT2D eigenvalue weighted by Gasteiger charge is -2.21. The number of hydrogen-bond donors (Lipinski definition) is 0. The van der Waals surface area contributed by atoms with Crippen LogP contribution in [0.25, 0.3) is 0 Å². The Bertz CT molecular complexity index is 79.6. The molecule has 1 aliphatic heterocycles. The molecule has 0 aromatic heterocycles. The average molecular weight is 142 g/mol. The van der Waals surface area contributed by atoms with Crippen molar-refractivity contribution in [1.82, 2.24) is 9.80 Å². The van der Waals surface area contributed by atoms with Crippen LogP contribution in [-0.4, -0.2) is 42.1 Å². The molecule has 0 amide bonds. The standard InChI is InChI=1S/C8H18N2/c1-6-7(2)10(5)8(3)9(6)4/h6-8H,1-5H3. The summed E-state index contributed by atoms with van der Waals surface area (Å²) in [6.45, 7) is 6.81. The van der Waals surface area contributed by atoms with Crippen LogP contribution in [0.4, 0.5) is 0 Å². The molecule has 1 saturated heterocycles. The van der Waals surface area contributed by atoms with Crippen molar-refractivity contribution in [3.05, 3.63) is 0 Å². The van der Waals surface area contributed by atoms with Gasteiger partial charge in [-0.05, 0) is 34.9 Å². The summed E-state index contributed by atoms with van der Waals surface area (Å²) >= 11 is 0. The second-order valence-corrected chi connectivity index (χ2v) is 3.44. The van der Waals surface area contributed by atoms with Crippen molar-refractivity contribution in [3.8, 4) is 0 Å². The molecular formula is C8H18N2. The lowest BCUT2D eigenvalue weighted by atomic mass is 10.2. The Morgan fingerprint density at radius 2 is 1.10 bits per heavy atom. The van der Waals surface area contributed by atoms with Gasteiger partial charge in [0.05, 0.1) is 6.17 Å². The zero-order chi connectivity index (χ0) is 7.89. The molecule has 2 heteroatoms. The maximum atomic E-state index is 2.41. The van der Waals surface area contributed by atoms with Crippen molar-refractivity contribution in [2.24, 2.45) is 0 Å². The smallest absolute Gasteiger partial charge is 0.0594 e. The monoisotopic (exact) mass is 142 g/mol. The van der Waals surface area contributed by atoms with E-state index in [1.165, 1.54) is 0 Å². The highest BCUT2D eigenvalue weighted by atomic mass is 15.4. The maximum absolute atomic E-state index is 2.41. The molecule has 0 aromatic rings. The van der Waals surface area contributed by atoms with Gasteiger partial charge in [0.15, 0.2) is 0 Å². The molecule has 1 rings (SSSR count). The van der Waals surface area contributed by atoms with Crippen molar-refractivity contribution in [3.63, 3.8) is 0 Å². The van der Waals surface area contributed by atoms with Gasteiger partial charge in [-0.3, -0.25) is 9.80 Å². The summed E-state index contributed by atoms with van der Waals surface area (Å²) in [7, 11) is 4.38. The minimum atomic E-state index is 0.602. The van der Waals surface area contributed by atoms with Crippen LogP contribution in [0.5, 0.6) is 0 Å². The number of hydrogen-bond acceptors (Lipinski definition) is 2. The fourth-order valence-electron chi connectivity index (χ4n) is 1.65. The van der Waals surface area contributed by atoms with Gasteiger partial charge >= 0.3 is 0 Å². The quantitative estimate of drug-likeness (QED) is 0.497. The molecular weight excluding hydrogens is 124 g/mol. The SMILES string of the molecule is CC1C(C)N(C)C(C)N1C. The summed E-state index contributed by atoms with van der Waals surface area (Å²) in [6.07, 6.45) is 0.602. The van der Waals surface area contributed by atoms with Gasteiger partial charge in [0.1, 0.15) is 0 Å². The predicted octanol–water partition coefficient (Wildman–Crippen LogP) is 0.987. The molecule has 0 aromatic carbocycles. The fraction of sp³-hybridized carbons (Fsp3) is 1.00. The molecule has 0 aliphatic carbocycles. The zero-order valence-electron chi connectivity index (χ0n) is 7.63. The number of rotatable bonds is 0. The van der Waals surface area contributed by atoms with Gasteiger partial charge in [0.25, 0.3) is 0 Å². The van der Waals surface area contributed by atoms with E-state index in [0.29, 0.717) is 18.2 Å². The van der Waals surface area contributed by atoms with Crippen LogP contribution in [0.15, 0.2) is 0 Å². The Kier molecular flexibility index (Phi) is 2.02. The summed E-state index contributed by atoms with van der Waals surface area (Å²) in [4.78, 5) is 4.81. The molecule has 0 saturated carbocycles. The molecule has 1 fully saturated rings. The Morgan fingerprint density at radius 3 is 1.20 bits per heavy atom. The Hall–Kier alpha value is -0.0800. The molecule has 0 bridgehead atoms. The first-order valence-electron chi connectivity index (χ1n) is 3.99. The van der Waals surface area contributed by atoms with E-state index in [2.05, 4.69) is 44.7 Å². The van der Waals surface area contributed by atoms with Crippen molar-refractivity contribution >= 4 is 0 Å². The first-order valence-corrected chi connectivity index (χ1v) is 3.99. The average Bonchev–Trinajstić information content (AvgIpc) is 2.07. The normalized spacial score (nSPS) is 44.7. The lowest BCUT2D eigenvalue weighted by Crippen LogP contribution is -2.32. The summed E-state index contributed by atoms with van der Waals surface area (Å²) < 4.78 is 0. The summed E-state index contributed by atoms with van der Waals surface area (Å²) in [5.74, 6) is 0. The largest absolute Gasteiger partial charge is 0.287 e. The second kappa shape index (κ2) is 2.51. The highest BCUT2D eigenvalue weighted by Gasteiger charge is 2.34. The van der Waals surface area contributed by atoms with E-state index >= 15 is 0 Å². The molecule has 0 spiro atoms. The van der Waals surface area contributed by atoms with Gasteiger partial charge in [-0.1, -0.05) is 0 Å². The fourth-order valence-corrected chi connectivity index (χ4v) is 1.65. The van der Waals surface area contributed by atoms with Crippen LogP contribution >= 0.6 is 0 Å². The van der Waals surface area contributed by atoms with Gasteiger partial charge in [-0.15, -0.1) is 0 Å². The van der Waals surface area contributed by atoms with Crippen LogP contribution in [0, 0.1) is 0 Å². The first kappa shape index (κ1) is 8.02. The molecule has 0 N–H and O–H groups in total. The van der Waals surface area contributed by atoms with Gasteiger partial charge in [-0.25, -0.2) is 0 Å². The van der Waals surface area contributed by atoms with Crippen LogP contribution in [0.3, 0.4) is 0 Å². The number of nitrogens with zero attached hydrogens (tertiary/aromatic N) is 2. The van der Waals surface area contributed by atoms with Crippen LogP contribution < -0.4 is 0 Å². The van der Waals surface area contributed by atoms with Gasteiger partial charge < -0.3 is 0 Å². The first-order chi connectivity index (χ1) is 4.55. The molecule has 0 radical (unpaired) electrons. The van der Waals surface area contributed by atoms with Gasteiger partial charge in [0.2, 0.25) is 0 Å². The van der Waals surface area contributed by atoms with E-state index in [1.807, 2.05) is 0 Å². The second-order valence-electron chi connectivity index (χ2n) is 3.44. The van der Waals surface area contributed by atoms with E-state index < -0.39 is 0 Å². The Labute approximate surface area is 63.8 Å². The Balaban J connectivity index is 2.68. The summed E-state index contributed by atoms with van der Waals surface area (Å²) in [5, 5.41) is 0. The zero-order valence-corrected chi connectivity index (χ0v) is 7.63. The topological polar surface area (TPSA) is 6.48 Å². The Morgan fingerprint density at radius 1 is 0.800 bits per heavy atom. The predicted molar refractivity (Wildman–Crippen MR) is 43.9 cm³/mol. The van der Waals surface area contributed by atoms with Crippen molar-refractivity contribution < 1.29 is 0 Å². The lowest BCUT2D eigenvalue weighted by molar-refractivity contribution is 0.185. The van der Waals surface area contributed by atoms with Gasteiger partial charge in [0, 0.05) is 12.1 Å². The van der Waals surface area contributed by atoms with E-state index in [-0.39, 0.29) is 0 Å². The van der Waals surface area contributed by atoms with Crippen LogP contribution in [0.1, 0.15) is 20.8 Å². The molecule has 60 valence electrons. The molecule has 2 nitrogen and oxygen atoms in total. The third-order valence-corrected chi connectivity index (χ3v) is 3.16. The maximum Gasteiger partial charge on any atom is 0.0594 e. The highest BCUT2D eigenvalue weighted by Crippen LogP contribution is 2.21. The van der Waals surface area contributed by atoms with Gasteiger partial charge in [-0.2, -0.15) is 0 Å². The molecule has 2 unspecified atom stereocenters. The third kappa shape index (κ3) is 0.956. The third-order valence-electron chi connectivity index (χ3n) is 3.16. The minimum Gasteiger partial charge on any atom is -0.287 e. The molecule has 2 atom stereocenters. The minimum absolute atomic E-state index is 0.602. The molecule has 10 heavy (non-hydrogen) atoms. The van der Waals surface area contributed by atoms with E-state index in [9.17, 15) is 0 Å². The number of likely N-dealkylation sites (N-methyl/N-ethyl adjacent to an activating group) is 2. The summed E-state index contributed by atoms with van der Waals surface area (Å²) in [5.41, 5.74) is 0. The van der Waals surface area contributed by atoms with Crippen LogP contribution in [-0.2, 0) is 0 Å². The van der Waals surface area contributed by atoms with E-state index in [1.54, 1.807) is 0 Å². The molecule has 1 aliphatic rings. The van der Waals surface area contributed by atoms with Crippen molar-refractivity contribution in [1.29, 1.82) is 0 Å². The van der Waals surface area contributed by atoms with E-state index in [4.69, 9.17) is 0 Å². The van der Waals surface area contributed by atoms with Crippen LogP contribution in [0.2, 0.25) is 0 Å².